The highest BCUT2D eigenvalue weighted by atomic mass is 16.5. The highest BCUT2D eigenvalue weighted by molar-refractivity contribution is 5.80. The standard InChI is InChI=1S/C17H14N2O/c1-20-15-9-7-14(8-10-15)17-16(11-12-18-19-17)13-5-3-2-4-6-13/h2-12H,1H3. The SMILES string of the molecule is COc1ccc(-c2nnccc2-c2ccccc2)cc1. The number of methoxy groups -OCH3 is 1. The predicted molar refractivity (Wildman–Crippen MR) is 79.5 cm³/mol. The summed E-state index contributed by atoms with van der Waals surface area (Å²) in [5, 5.41) is 8.30. The summed E-state index contributed by atoms with van der Waals surface area (Å²) in [6.07, 6.45) is 1.72. The van der Waals surface area contributed by atoms with E-state index in [1.807, 2.05) is 48.5 Å². The third-order valence-electron chi connectivity index (χ3n) is 3.17. The number of rotatable bonds is 3. The molecular weight excluding hydrogens is 248 g/mol. The van der Waals surface area contributed by atoms with Crippen LogP contribution in [0.3, 0.4) is 0 Å². The average Bonchev–Trinajstić information content (AvgIpc) is 2.56. The average molecular weight is 262 g/mol. The maximum Gasteiger partial charge on any atom is 0.118 e. The van der Waals surface area contributed by atoms with E-state index in [1.165, 1.54) is 0 Å². The molecule has 2 aromatic carbocycles. The van der Waals surface area contributed by atoms with Gasteiger partial charge in [-0.3, -0.25) is 0 Å². The lowest BCUT2D eigenvalue weighted by molar-refractivity contribution is 0.415. The fourth-order valence-electron chi connectivity index (χ4n) is 2.14. The topological polar surface area (TPSA) is 35.0 Å². The summed E-state index contributed by atoms with van der Waals surface area (Å²) in [6, 6.07) is 20.0. The lowest BCUT2D eigenvalue weighted by Gasteiger charge is -2.08. The van der Waals surface area contributed by atoms with Crippen molar-refractivity contribution in [1.82, 2.24) is 10.2 Å². The van der Waals surface area contributed by atoms with E-state index in [4.69, 9.17) is 4.74 Å². The fraction of sp³-hybridized carbons (Fsp3) is 0.0588. The molecule has 0 N–H and O–H groups in total. The van der Waals surface area contributed by atoms with Crippen molar-refractivity contribution >= 4 is 0 Å². The van der Waals surface area contributed by atoms with Crippen LogP contribution in [0.4, 0.5) is 0 Å². The second-order valence-electron chi connectivity index (χ2n) is 4.39. The van der Waals surface area contributed by atoms with Gasteiger partial charge in [0.2, 0.25) is 0 Å². The fourth-order valence-corrected chi connectivity index (χ4v) is 2.14. The number of aromatic nitrogens is 2. The van der Waals surface area contributed by atoms with Gasteiger partial charge < -0.3 is 4.74 Å². The van der Waals surface area contributed by atoms with E-state index in [1.54, 1.807) is 13.3 Å². The Bertz CT molecular complexity index is 694. The summed E-state index contributed by atoms with van der Waals surface area (Å²) < 4.78 is 5.18. The largest absolute Gasteiger partial charge is 0.497 e. The van der Waals surface area contributed by atoms with Crippen molar-refractivity contribution in [3.63, 3.8) is 0 Å². The van der Waals surface area contributed by atoms with E-state index < -0.39 is 0 Å². The van der Waals surface area contributed by atoms with Crippen LogP contribution in [0.5, 0.6) is 5.75 Å². The van der Waals surface area contributed by atoms with Crippen LogP contribution in [-0.2, 0) is 0 Å². The van der Waals surface area contributed by atoms with Crippen LogP contribution in [0.15, 0.2) is 66.9 Å². The molecule has 1 aromatic heterocycles. The Morgan fingerprint density at radius 3 is 2.25 bits per heavy atom. The monoisotopic (exact) mass is 262 g/mol. The molecular formula is C17H14N2O. The molecule has 98 valence electrons. The van der Waals surface area contributed by atoms with Gasteiger partial charge in [0.1, 0.15) is 11.4 Å². The van der Waals surface area contributed by atoms with Gasteiger partial charge in [0.05, 0.1) is 13.3 Å². The Labute approximate surface area is 117 Å². The van der Waals surface area contributed by atoms with E-state index in [0.717, 1.165) is 28.1 Å². The molecule has 3 rings (SSSR count). The summed E-state index contributed by atoms with van der Waals surface area (Å²) in [5.41, 5.74) is 4.11. The number of hydrogen-bond acceptors (Lipinski definition) is 3. The minimum Gasteiger partial charge on any atom is -0.497 e. The van der Waals surface area contributed by atoms with Crippen LogP contribution in [0, 0.1) is 0 Å². The van der Waals surface area contributed by atoms with Gasteiger partial charge in [-0.15, -0.1) is 5.10 Å². The lowest BCUT2D eigenvalue weighted by atomic mass is 10.0. The molecule has 0 bridgehead atoms. The Balaban J connectivity index is 2.10. The molecule has 0 spiro atoms. The third kappa shape index (κ3) is 2.38. The smallest absolute Gasteiger partial charge is 0.118 e. The van der Waals surface area contributed by atoms with Crippen molar-refractivity contribution in [2.75, 3.05) is 7.11 Å². The normalized spacial score (nSPS) is 10.2. The first-order chi connectivity index (χ1) is 9.88. The molecule has 0 saturated heterocycles. The van der Waals surface area contributed by atoms with Gasteiger partial charge in [-0.05, 0) is 35.9 Å². The summed E-state index contributed by atoms with van der Waals surface area (Å²) in [7, 11) is 1.66. The first kappa shape index (κ1) is 12.4. The number of ether oxygens (including phenoxy) is 1. The van der Waals surface area contributed by atoms with Crippen molar-refractivity contribution in [1.29, 1.82) is 0 Å². The molecule has 0 unspecified atom stereocenters. The van der Waals surface area contributed by atoms with Gasteiger partial charge in [0, 0.05) is 11.1 Å². The molecule has 3 aromatic rings. The molecule has 0 fully saturated rings. The van der Waals surface area contributed by atoms with Crippen LogP contribution in [0.25, 0.3) is 22.4 Å². The van der Waals surface area contributed by atoms with E-state index >= 15 is 0 Å². The van der Waals surface area contributed by atoms with E-state index in [2.05, 4.69) is 22.3 Å². The summed E-state index contributed by atoms with van der Waals surface area (Å²) >= 11 is 0. The highest BCUT2D eigenvalue weighted by Gasteiger charge is 2.08. The zero-order chi connectivity index (χ0) is 13.8. The number of benzene rings is 2. The molecule has 0 amide bonds. The summed E-state index contributed by atoms with van der Waals surface area (Å²) in [5.74, 6) is 0.832. The molecule has 0 aliphatic carbocycles. The van der Waals surface area contributed by atoms with Gasteiger partial charge in [0.15, 0.2) is 0 Å². The third-order valence-corrected chi connectivity index (χ3v) is 3.17. The summed E-state index contributed by atoms with van der Waals surface area (Å²) in [4.78, 5) is 0. The van der Waals surface area contributed by atoms with E-state index in [9.17, 15) is 0 Å². The van der Waals surface area contributed by atoms with Crippen LogP contribution < -0.4 is 4.74 Å². The van der Waals surface area contributed by atoms with Crippen molar-refractivity contribution in [3.8, 4) is 28.1 Å². The van der Waals surface area contributed by atoms with Crippen LogP contribution in [0.2, 0.25) is 0 Å². The molecule has 0 atom stereocenters. The van der Waals surface area contributed by atoms with E-state index in [0.29, 0.717) is 0 Å². The molecule has 0 aliphatic rings. The first-order valence-electron chi connectivity index (χ1n) is 6.40. The molecule has 3 nitrogen and oxygen atoms in total. The molecule has 1 heterocycles. The van der Waals surface area contributed by atoms with Crippen molar-refractivity contribution < 1.29 is 4.74 Å². The Hall–Kier alpha value is -2.68. The van der Waals surface area contributed by atoms with Crippen molar-refractivity contribution in [2.24, 2.45) is 0 Å². The maximum atomic E-state index is 5.18. The van der Waals surface area contributed by atoms with Gasteiger partial charge in [-0.2, -0.15) is 5.10 Å². The van der Waals surface area contributed by atoms with Gasteiger partial charge in [-0.25, -0.2) is 0 Å². The minimum absolute atomic E-state index is 0.832. The molecule has 0 aliphatic heterocycles. The van der Waals surface area contributed by atoms with Gasteiger partial charge in [0.25, 0.3) is 0 Å². The lowest BCUT2D eigenvalue weighted by Crippen LogP contribution is -1.92. The van der Waals surface area contributed by atoms with Crippen LogP contribution >= 0.6 is 0 Å². The van der Waals surface area contributed by atoms with Crippen LogP contribution in [-0.4, -0.2) is 17.3 Å². The maximum absolute atomic E-state index is 5.18. The number of nitrogens with zero attached hydrogens (tertiary/aromatic N) is 2. The second-order valence-corrected chi connectivity index (χ2v) is 4.39. The molecule has 20 heavy (non-hydrogen) atoms. The Kier molecular flexibility index (Phi) is 3.42. The molecule has 0 saturated carbocycles. The van der Waals surface area contributed by atoms with Crippen molar-refractivity contribution in [3.05, 3.63) is 66.9 Å². The van der Waals surface area contributed by atoms with Crippen molar-refractivity contribution in [2.45, 2.75) is 0 Å². The zero-order valence-corrected chi connectivity index (χ0v) is 11.2. The predicted octanol–water partition coefficient (Wildman–Crippen LogP) is 3.82. The van der Waals surface area contributed by atoms with E-state index in [-0.39, 0.29) is 0 Å². The quantitative estimate of drug-likeness (QED) is 0.719. The second kappa shape index (κ2) is 5.53. The zero-order valence-electron chi connectivity index (χ0n) is 11.2. The van der Waals surface area contributed by atoms with Crippen LogP contribution in [0.1, 0.15) is 0 Å². The first-order valence-corrected chi connectivity index (χ1v) is 6.40. The molecule has 3 heteroatoms. The Morgan fingerprint density at radius 1 is 0.800 bits per heavy atom. The number of hydrogen-bond donors (Lipinski definition) is 0. The Morgan fingerprint density at radius 2 is 1.55 bits per heavy atom. The highest BCUT2D eigenvalue weighted by Crippen LogP contribution is 2.30. The molecule has 0 radical (unpaired) electrons. The summed E-state index contributed by atoms with van der Waals surface area (Å²) in [6.45, 7) is 0. The minimum atomic E-state index is 0.832. The van der Waals surface area contributed by atoms with Gasteiger partial charge >= 0.3 is 0 Å². The van der Waals surface area contributed by atoms with Gasteiger partial charge in [-0.1, -0.05) is 30.3 Å².